The van der Waals surface area contributed by atoms with Gasteiger partial charge in [0, 0.05) is 19.5 Å². The molecule has 0 radical (unpaired) electrons. The van der Waals surface area contributed by atoms with E-state index < -0.39 is 49.5 Å². The number of rotatable bonds is 7. The molecule has 0 bridgehead atoms. The van der Waals surface area contributed by atoms with Crippen LogP contribution in [0.4, 0.5) is 13.2 Å². The van der Waals surface area contributed by atoms with Gasteiger partial charge in [-0.2, -0.15) is 13.2 Å². The van der Waals surface area contributed by atoms with Gasteiger partial charge >= 0.3 is 24.0 Å². The van der Waals surface area contributed by atoms with Gasteiger partial charge in [0.15, 0.2) is 0 Å². The number of halogens is 3. The van der Waals surface area contributed by atoms with Gasteiger partial charge in [0.1, 0.15) is 0 Å². The summed E-state index contributed by atoms with van der Waals surface area (Å²) in [5.74, 6) is -5.87. The van der Waals surface area contributed by atoms with Crippen molar-refractivity contribution < 1.29 is 37.8 Å². The molecule has 0 aromatic heterocycles. The molecule has 0 saturated carbocycles. The summed E-state index contributed by atoms with van der Waals surface area (Å²) in [6.45, 7) is 0.0890. The summed E-state index contributed by atoms with van der Waals surface area (Å²) < 4.78 is 36.8. The van der Waals surface area contributed by atoms with E-state index in [1.54, 1.807) is 0 Å². The van der Waals surface area contributed by atoms with Crippen LogP contribution in [-0.2, 0) is 14.4 Å². The van der Waals surface area contributed by atoms with Crippen LogP contribution < -0.4 is 0 Å². The molecular formula is C10H14F3NO5. The lowest BCUT2D eigenvalue weighted by molar-refractivity contribution is -0.186. The van der Waals surface area contributed by atoms with E-state index in [1.807, 2.05) is 0 Å². The van der Waals surface area contributed by atoms with Crippen LogP contribution in [0.5, 0.6) is 0 Å². The number of hydrogen-bond donors (Lipinski definition) is 2. The number of carbonyl (C=O) groups excluding carboxylic acids is 1. The summed E-state index contributed by atoms with van der Waals surface area (Å²) in [6.07, 6.45) is -5.69. The predicted molar refractivity (Wildman–Crippen MR) is 56.3 cm³/mol. The molecule has 9 heteroatoms. The smallest absolute Gasteiger partial charge is 0.471 e. The summed E-state index contributed by atoms with van der Waals surface area (Å²) in [5.41, 5.74) is 0. The van der Waals surface area contributed by atoms with E-state index in [-0.39, 0.29) is 6.42 Å². The van der Waals surface area contributed by atoms with E-state index in [1.165, 1.54) is 0 Å². The Bertz CT molecular complexity index is 356. The minimum Gasteiger partial charge on any atom is -0.481 e. The lowest BCUT2D eigenvalue weighted by atomic mass is 10.1. The number of carboxylic acid groups (broad SMARTS) is 2. The third kappa shape index (κ3) is 6.63. The fourth-order valence-corrected chi connectivity index (χ4v) is 1.28. The zero-order chi connectivity index (χ0) is 15.2. The van der Waals surface area contributed by atoms with Gasteiger partial charge in [0.05, 0.1) is 5.92 Å². The number of hydrogen-bond acceptors (Lipinski definition) is 3. The third-order valence-corrected chi connectivity index (χ3v) is 2.26. The highest BCUT2D eigenvalue weighted by molar-refractivity contribution is 5.82. The maximum absolute atomic E-state index is 12.3. The monoisotopic (exact) mass is 285 g/mol. The molecule has 1 atom stereocenters. The molecule has 0 aliphatic heterocycles. The highest BCUT2D eigenvalue weighted by Gasteiger charge is 2.42. The Labute approximate surface area is 106 Å². The van der Waals surface area contributed by atoms with Crippen molar-refractivity contribution in [2.45, 2.75) is 25.9 Å². The fourth-order valence-electron chi connectivity index (χ4n) is 1.28. The van der Waals surface area contributed by atoms with Gasteiger partial charge in [-0.3, -0.25) is 14.4 Å². The zero-order valence-corrected chi connectivity index (χ0v) is 10.1. The second-order valence-corrected chi connectivity index (χ2v) is 3.99. The average molecular weight is 285 g/mol. The number of alkyl halides is 3. The Morgan fingerprint density at radius 1 is 1.21 bits per heavy atom. The number of carboxylic acids is 2. The SMILES string of the molecule is CC(CN(CCCC(=O)O)C(=O)C(F)(F)F)C(=O)O. The highest BCUT2D eigenvalue weighted by Crippen LogP contribution is 2.19. The van der Waals surface area contributed by atoms with Crippen molar-refractivity contribution in [3.05, 3.63) is 0 Å². The molecule has 0 rings (SSSR count). The van der Waals surface area contributed by atoms with Gasteiger partial charge in [0.25, 0.3) is 0 Å². The standard InChI is InChI=1S/C10H14F3NO5/c1-6(8(17)18)5-14(4-2-3-7(15)16)9(19)10(11,12)13/h6H,2-5H2,1H3,(H,15,16)(H,17,18). The maximum atomic E-state index is 12.3. The Morgan fingerprint density at radius 2 is 1.74 bits per heavy atom. The van der Waals surface area contributed by atoms with Crippen LogP contribution in [-0.4, -0.2) is 52.2 Å². The molecule has 0 spiro atoms. The molecule has 0 aromatic carbocycles. The maximum Gasteiger partial charge on any atom is 0.471 e. The molecular weight excluding hydrogens is 271 g/mol. The van der Waals surface area contributed by atoms with Crippen LogP contribution >= 0.6 is 0 Å². The molecule has 2 N–H and O–H groups in total. The number of carbonyl (C=O) groups is 3. The van der Waals surface area contributed by atoms with Gasteiger partial charge < -0.3 is 15.1 Å². The average Bonchev–Trinajstić information content (AvgIpc) is 2.24. The van der Waals surface area contributed by atoms with E-state index in [0.717, 1.165) is 6.92 Å². The Balaban J connectivity index is 4.69. The first-order valence-electron chi connectivity index (χ1n) is 5.36. The number of amides is 1. The van der Waals surface area contributed by atoms with Crippen molar-refractivity contribution in [2.75, 3.05) is 13.1 Å². The molecule has 1 unspecified atom stereocenters. The number of aliphatic carboxylic acids is 2. The van der Waals surface area contributed by atoms with Crippen molar-refractivity contribution in [3.8, 4) is 0 Å². The van der Waals surface area contributed by atoms with Gasteiger partial charge in [-0.25, -0.2) is 0 Å². The molecule has 0 aliphatic carbocycles. The minimum absolute atomic E-state index is 0.177. The second kappa shape index (κ2) is 6.95. The minimum atomic E-state index is -5.11. The van der Waals surface area contributed by atoms with Crippen molar-refractivity contribution in [2.24, 2.45) is 5.92 Å². The van der Waals surface area contributed by atoms with Gasteiger partial charge in [0.2, 0.25) is 0 Å². The van der Waals surface area contributed by atoms with Crippen LogP contribution in [0.15, 0.2) is 0 Å². The molecule has 1 amide bonds. The topological polar surface area (TPSA) is 94.9 Å². The first-order chi connectivity index (χ1) is 8.55. The summed E-state index contributed by atoms with van der Waals surface area (Å²) in [4.78, 5) is 32.2. The van der Waals surface area contributed by atoms with Crippen LogP contribution in [0.2, 0.25) is 0 Å². The van der Waals surface area contributed by atoms with E-state index in [9.17, 15) is 27.6 Å². The van der Waals surface area contributed by atoms with Crippen LogP contribution in [0.25, 0.3) is 0 Å². The lowest BCUT2D eigenvalue weighted by Crippen LogP contribution is -2.44. The van der Waals surface area contributed by atoms with Crippen molar-refractivity contribution in [3.63, 3.8) is 0 Å². The second-order valence-electron chi connectivity index (χ2n) is 3.99. The normalized spacial score (nSPS) is 12.8. The van der Waals surface area contributed by atoms with Gasteiger partial charge in [-0.15, -0.1) is 0 Å². The first kappa shape index (κ1) is 17.2. The van der Waals surface area contributed by atoms with E-state index in [2.05, 4.69) is 0 Å². The molecule has 0 heterocycles. The lowest BCUT2D eigenvalue weighted by Gasteiger charge is -2.25. The molecule has 0 fully saturated rings. The largest absolute Gasteiger partial charge is 0.481 e. The molecule has 0 aliphatic rings. The number of nitrogens with zero attached hydrogens (tertiary/aromatic N) is 1. The van der Waals surface area contributed by atoms with E-state index >= 15 is 0 Å². The van der Waals surface area contributed by atoms with Crippen LogP contribution in [0, 0.1) is 5.92 Å². The van der Waals surface area contributed by atoms with Gasteiger partial charge in [-0.1, -0.05) is 6.92 Å². The van der Waals surface area contributed by atoms with Crippen LogP contribution in [0.3, 0.4) is 0 Å². The summed E-state index contributed by atoms with van der Waals surface area (Å²) in [6, 6.07) is 0. The van der Waals surface area contributed by atoms with Gasteiger partial charge in [-0.05, 0) is 6.42 Å². The van der Waals surface area contributed by atoms with Crippen molar-refractivity contribution in [1.29, 1.82) is 0 Å². The zero-order valence-electron chi connectivity index (χ0n) is 10.1. The van der Waals surface area contributed by atoms with E-state index in [4.69, 9.17) is 10.2 Å². The highest BCUT2D eigenvalue weighted by atomic mass is 19.4. The molecule has 6 nitrogen and oxygen atoms in total. The molecule has 110 valence electrons. The quantitative estimate of drug-likeness (QED) is 0.726. The first-order valence-corrected chi connectivity index (χ1v) is 5.36. The van der Waals surface area contributed by atoms with Crippen LogP contribution in [0.1, 0.15) is 19.8 Å². The van der Waals surface area contributed by atoms with Crippen molar-refractivity contribution in [1.82, 2.24) is 4.90 Å². The fraction of sp³-hybridized carbons (Fsp3) is 0.700. The molecule has 0 saturated heterocycles. The summed E-state index contributed by atoms with van der Waals surface area (Å²) in [7, 11) is 0. The molecule has 19 heavy (non-hydrogen) atoms. The summed E-state index contributed by atoms with van der Waals surface area (Å²) >= 11 is 0. The Morgan fingerprint density at radius 3 is 2.11 bits per heavy atom. The Hall–Kier alpha value is -1.80. The summed E-state index contributed by atoms with van der Waals surface area (Å²) in [5, 5.41) is 17.0. The van der Waals surface area contributed by atoms with E-state index in [0.29, 0.717) is 4.90 Å². The Kier molecular flexibility index (Phi) is 6.30. The van der Waals surface area contributed by atoms with Crippen molar-refractivity contribution >= 4 is 17.8 Å². The molecule has 0 aromatic rings. The predicted octanol–water partition coefficient (Wildman–Crippen LogP) is 0.963. The third-order valence-electron chi connectivity index (χ3n) is 2.26.